The third kappa shape index (κ3) is 2.81. The molecule has 0 radical (unpaired) electrons. The quantitative estimate of drug-likeness (QED) is 0.613. The van der Waals surface area contributed by atoms with Crippen LogP contribution < -0.4 is 17.0 Å². The standard InChI is InChI=1S/C7H5ClF.BrH.Zn/c1-5-6(8)3-2-4-7(5)9;;/h2-4H,1H2;1H;/q;;+1/p-1. The van der Waals surface area contributed by atoms with Gasteiger partial charge >= 0.3 is 73.9 Å². The summed E-state index contributed by atoms with van der Waals surface area (Å²) < 4.78 is 12.8. The molecule has 0 unspecified atom stereocenters. The van der Waals surface area contributed by atoms with Crippen molar-refractivity contribution in [3.05, 3.63) is 34.6 Å². The van der Waals surface area contributed by atoms with Crippen LogP contribution in [0.1, 0.15) is 5.56 Å². The minimum absolute atomic E-state index is 0. The van der Waals surface area contributed by atoms with Gasteiger partial charge in [0.2, 0.25) is 0 Å². The summed E-state index contributed by atoms with van der Waals surface area (Å²) in [5.41, 5.74) is 0.657. The fraction of sp³-hybridized carbons (Fsp3) is 0.143. The maximum absolute atomic E-state index is 12.8. The molecule has 0 aliphatic carbocycles. The maximum Gasteiger partial charge on any atom is -1.00 e. The molecule has 0 heterocycles. The second-order valence-electron chi connectivity index (χ2n) is 1.95. The molecule has 56 valence electrons. The van der Waals surface area contributed by atoms with Crippen LogP contribution in [0.15, 0.2) is 18.2 Å². The van der Waals surface area contributed by atoms with Crippen LogP contribution in [0.2, 0.25) is 5.02 Å². The number of benzene rings is 1. The van der Waals surface area contributed by atoms with E-state index in [1.807, 2.05) is 0 Å². The summed E-state index contributed by atoms with van der Waals surface area (Å²) in [6, 6.07) is 4.78. The summed E-state index contributed by atoms with van der Waals surface area (Å²) in [7, 11) is 0. The predicted molar refractivity (Wildman–Crippen MR) is 35.1 cm³/mol. The molecule has 0 nitrogen and oxygen atoms in total. The first kappa shape index (κ1) is 11.5. The molecular formula is C7H5BrClFZn. The Balaban J connectivity index is 0.000001000. The third-order valence-electron chi connectivity index (χ3n) is 1.31. The van der Waals surface area contributed by atoms with Crippen LogP contribution in [-0.2, 0) is 23.3 Å². The zero-order chi connectivity index (χ0) is 7.56. The maximum atomic E-state index is 12.8. The molecular weight excluding hydrogens is 284 g/mol. The van der Waals surface area contributed by atoms with Crippen LogP contribution in [0.3, 0.4) is 0 Å². The SMILES string of the molecule is Fc1cccc(Cl)c1[CH2][Zn+].[Br-]. The zero-order valence-corrected chi connectivity index (χ0v) is 11.1. The smallest absolute Gasteiger partial charge is 1.00 e. The Morgan fingerprint density at radius 2 is 2.09 bits per heavy atom. The van der Waals surface area contributed by atoms with Gasteiger partial charge in [0.05, 0.1) is 0 Å². The van der Waals surface area contributed by atoms with Crippen molar-refractivity contribution in [3.63, 3.8) is 0 Å². The number of hydrogen-bond donors (Lipinski definition) is 0. The van der Waals surface area contributed by atoms with Gasteiger partial charge < -0.3 is 17.0 Å². The molecule has 0 amide bonds. The molecule has 0 bridgehead atoms. The summed E-state index contributed by atoms with van der Waals surface area (Å²) in [4.78, 5) is 0. The Kier molecular flexibility index (Phi) is 5.49. The van der Waals surface area contributed by atoms with E-state index in [0.717, 1.165) is 23.3 Å². The minimum Gasteiger partial charge on any atom is -1.00 e. The molecule has 11 heavy (non-hydrogen) atoms. The summed E-state index contributed by atoms with van der Waals surface area (Å²) in [5, 5.41) is 1.32. The molecule has 0 saturated heterocycles. The molecule has 4 heteroatoms. The van der Waals surface area contributed by atoms with Crippen molar-refractivity contribution in [2.75, 3.05) is 0 Å². The zero-order valence-electron chi connectivity index (χ0n) is 5.78. The van der Waals surface area contributed by atoms with Crippen molar-refractivity contribution in [2.45, 2.75) is 5.02 Å². The van der Waals surface area contributed by atoms with E-state index in [1.165, 1.54) is 6.07 Å². The Morgan fingerprint density at radius 3 is 2.45 bits per heavy atom. The summed E-state index contributed by atoms with van der Waals surface area (Å²) in [6.07, 6.45) is 0. The molecule has 1 rings (SSSR count). The van der Waals surface area contributed by atoms with Crippen LogP contribution in [0.5, 0.6) is 0 Å². The largest absolute Gasteiger partial charge is 1.00 e. The molecule has 0 aliphatic rings. The van der Waals surface area contributed by atoms with Crippen molar-refractivity contribution in [1.82, 2.24) is 0 Å². The van der Waals surface area contributed by atoms with Gasteiger partial charge in [0.1, 0.15) is 0 Å². The Bertz CT molecular complexity index is 222. The van der Waals surface area contributed by atoms with Crippen molar-refractivity contribution in [1.29, 1.82) is 0 Å². The number of hydrogen-bond acceptors (Lipinski definition) is 0. The Morgan fingerprint density at radius 1 is 1.45 bits per heavy atom. The van der Waals surface area contributed by atoms with Crippen LogP contribution in [0.25, 0.3) is 0 Å². The number of halogens is 3. The van der Waals surface area contributed by atoms with E-state index in [1.54, 1.807) is 12.1 Å². The van der Waals surface area contributed by atoms with Crippen LogP contribution in [-0.4, -0.2) is 0 Å². The predicted octanol–water partition coefficient (Wildman–Crippen LogP) is -0.470. The van der Waals surface area contributed by atoms with Gasteiger partial charge in [-0.1, -0.05) is 0 Å². The van der Waals surface area contributed by atoms with E-state index in [4.69, 9.17) is 11.6 Å². The molecule has 0 atom stereocenters. The van der Waals surface area contributed by atoms with Crippen molar-refractivity contribution in [3.8, 4) is 0 Å². The van der Waals surface area contributed by atoms with Gasteiger partial charge in [0.25, 0.3) is 0 Å². The molecule has 0 fully saturated rings. The average molecular weight is 289 g/mol. The van der Waals surface area contributed by atoms with Gasteiger partial charge in [-0.05, 0) is 0 Å². The minimum atomic E-state index is -0.182. The van der Waals surface area contributed by atoms with Gasteiger partial charge in [-0.2, -0.15) is 0 Å². The van der Waals surface area contributed by atoms with E-state index >= 15 is 0 Å². The fourth-order valence-corrected chi connectivity index (χ4v) is 2.43. The van der Waals surface area contributed by atoms with Crippen molar-refractivity contribution < 1.29 is 39.7 Å². The molecule has 0 saturated carbocycles. The van der Waals surface area contributed by atoms with Gasteiger partial charge in [0, 0.05) is 0 Å². The summed E-state index contributed by atoms with van der Waals surface area (Å²) in [6.45, 7) is 0. The molecule has 0 aromatic heterocycles. The molecule has 1 aromatic rings. The van der Waals surface area contributed by atoms with Gasteiger partial charge in [0.15, 0.2) is 0 Å². The van der Waals surface area contributed by atoms with E-state index in [9.17, 15) is 4.39 Å². The van der Waals surface area contributed by atoms with E-state index in [0.29, 0.717) is 10.6 Å². The summed E-state index contributed by atoms with van der Waals surface area (Å²) >= 11 is 6.75. The second-order valence-corrected chi connectivity index (χ2v) is 3.41. The van der Waals surface area contributed by atoms with Gasteiger partial charge in [-0.3, -0.25) is 0 Å². The van der Waals surface area contributed by atoms with Crippen molar-refractivity contribution in [2.24, 2.45) is 0 Å². The van der Waals surface area contributed by atoms with Gasteiger partial charge in [-0.25, -0.2) is 0 Å². The number of rotatable bonds is 1. The van der Waals surface area contributed by atoms with E-state index < -0.39 is 0 Å². The molecule has 0 spiro atoms. The molecule has 0 aliphatic heterocycles. The second kappa shape index (κ2) is 5.24. The molecule has 0 N–H and O–H groups in total. The van der Waals surface area contributed by atoms with E-state index in [2.05, 4.69) is 0 Å². The summed E-state index contributed by atoms with van der Waals surface area (Å²) in [5.74, 6) is -0.182. The first-order valence-corrected chi connectivity index (χ1v) is 5.45. The van der Waals surface area contributed by atoms with Crippen LogP contribution in [0, 0.1) is 5.82 Å². The fourth-order valence-electron chi connectivity index (χ4n) is 0.771. The average Bonchev–Trinajstić information content (AvgIpc) is 1.88. The first-order valence-electron chi connectivity index (χ1n) is 2.98. The first-order chi connectivity index (χ1) is 4.75. The molecule has 1 aromatic carbocycles. The Hall–Kier alpha value is 0.543. The topological polar surface area (TPSA) is 0 Å². The van der Waals surface area contributed by atoms with Crippen LogP contribution >= 0.6 is 11.6 Å². The van der Waals surface area contributed by atoms with Crippen LogP contribution in [0.4, 0.5) is 4.39 Å². The normalized spacial score (nSPS) is 9.09. The monoisotopic (exact) mass is 286 g/mol. The third-order valence-corrected chi connectivity index (χ3v) is 2.71. The van der Waals surface area contributed by atoms with Crippen molar-refractivity contribution >= 4 is 11.6 Å². The van der Waals surface area contributed by atoms with Gasteiger partial charge in [-0.15, -0.1) is 0 Å². The van der Waals surface area contributed by atoms with E-state index in [-0.39, 0.29) is 22.8 Å². The Labute approximate surface area is 90.6 Å².